The Hall–Kier alpha value is -1.84. The molecule has 0 N–H and O–H groups in total. The number of amides is 1. The van der Waals surface area contributed by atoms with Crippen LogP contribution in [0.15, 0.2) is 71.9 Å². The molecular formula is C24H27CoNO-. The molecule has 0 spiro atoms. The number of allylic oxidation sites excluding steroid dienone is 6. The molecule has 1 amide bonds. The molecule has 0 aromatic heterocycles. The number of carbonyl (C=O) groups is 1. The van der Waals surface area contributed by atoms with Gasteiger partial charge >= 0.3 is 0 Å². The van der Waals surface area contributed by atoms with Crippen LogP contribution in [-0.4, -0.2) is 11.9 Å². The number of nitrogens with zero attached hydrogens (tertiary/aromatic N) is 1. The van der Waals surface area contributed by atoms with Gasteiger partial charge in [-0.2, -0.15) is 0 Å². The fourth-order valence-corrected chi connectivity index (χ4v) is 4.32. The summed E-state index contributed by atoms with van der Waals surface area (Å²) in [6.07, 6.45) is 19.8. The molecule has 3 aliphatic carbocycles. The van der Waals surface area contributed by atoms with Gasteiger partial charge in [0.2, 0.25) is 5.91 Å². The summed E-state index contributed by atoms with van der Waals surface area (Å²) in [7, 11) is 0. The van der Waals surface area contributed by atoms with Gasteiger partial charge in [0.15, 0.2) is 0 Å². The second-order valence-electron chi connectivity index (χ2n) is 7.02. The van der Waals surface area contributed by atoms with Crippen LogP contribution in [0.25, 0.3) is 0 Å². The van der Waals surface area contributed by atoms with Crippen LogP contribution < -0.4 is 4.90 Å². The van der Waals surface area contributed by atoms with Gasteiger partial charge in [-0.05, 0) is 48.5 Å². The van der Waals surface area contributed by atoms with Gasteiger partial charge in [0.25, 0.3) is 0 Å². The third-order valence-corrected chi connectivity index (χ3v) is 5.42. The Balaban J connectivity index is 0.000000328. The molecule has 27 heavy (non-hydrogen) atoms. The summed E-state index contributed by atoms with van der Waals surface area (Å²) in [6, 6.07) is 8.56. The molecule has 0 bridgehead atoms. The zero-order valence-electron chi connectivity index (χ0n) is 16.0. The Morgan fingerprint density at radius 2 is 1.59 bits per heavy atom. The third kappa shape index (κ3) is 4.20. The van der Waals surface area contributed by atoms with Crippen molar-refractivity contribution in [2.45, 2.75) is 44.6 Å². The van der Waals surface area contributed by atoms with E-state index in [1.54, 1.807) is 6.92 Å². The first-order valence-electron chi connectivity index (χ1n) is 9.23. The summed E-state index contributed by atoms with van der Waals surface area (Å²) >= 11 is 0. The molecular weight excluding hydrogens is 377 g/mol. The predicted octanol–water partition coefficient (Wildman–Crippen LogP) is 5.71. The van der Waals surface area contributed by atoms with Gasteiger partial charge in [0.1, 0.15) is 0 Å². The van der Waals surface area contributed by atoms with Crippen molar-refractivity contribution in [1.29, 1.82) is 0 Å². The zero-order valence-corrected chi connectivity index (χ0v) is 17.1. The van der Waals surface area contributed by atoms with Crippen LogP contribution in [0, 0.1) is 13.8 Å². The summed E-state index contributed by atoms with van der Waals surface area (Å²) in [6.45, 7) is 1.68. The van der Waals surface area contributed by atoms with Crippen LogP contribution in [0.1, 0.15) is 44.1 Å². The summed E-state index contributed by atoms with van der Waals surface area (Å²) in [5.41, 5.74) is 5.41. The summed E-state index contributed by atoms with van der Waals surface area (Å²) in [4.78, 5) is 14.1. The number of anilines is 1. The molecule has 1 unspecified atom stereocenters. The first-order chi connectivity index (χ1) is 12.3. The van der Waals surface area contributed by atoms with Crippen LogP contribution in [0.3, 0.4) is 0 Å². The Labute approximate surface area is 173 Å². The van der Waals surface area contributed by atoms with Crippen molar-refractivity contribution in [2.24, 2.45) is 0 Å². The van der Waals surface area contributed by atoms with E-state index in [2.05, 4.69) is 30.4 Å². The molecule has 144 valence electrons. The average Bonchev–Trinajstić information content (AvgIpc) is 3.30. The minimum absolute atomic E-state index is 0. The van der Waals surface area contributed by atoms with Crippen molar-refractivity contribution in [3.8, 4) is 0 Å². The van der Waals surface area contributed by atoms with E-state index in [4.69, 9.17) is 0 Å². The fraction of sp³-hybridized carbons (Fsp3) is 0.292. The topological polar surface area (TPSA) is 20.3 Å². The summed E-state index contributed by atoms with van der Waals surface area (Å²) in [5, 5.41) is 0. The standard InChI is InChI=1S/C18H19NO.C5H5.CH3.Co/c1-12(20)19-17-9-5-4-8-15(17)16-10-13-6-2-3-7-14(13)11-18(16)19;1-2-4-5-3-1;;/h4-5,8-11,16,18H,2-3,6-7H2,1H3;1-5H;1H3;/q;;-1;/t16-,18?;;;/m0.../s1. The van der Waals surface area contributed by atoms with E-state index in [0.717, 1.165) is 5.69 Å². The Kier molecular flexibility index (Phi) is 7.46. The van der Waals surface area contributed by atoms with Gasteiger partial charge < -0.3 is 12.3 Å². The number of hydrogen-bond acceptors (Lipinski definition) is 1. The minimum Gasteiger partial charge on any atom is -0.358 e. The number of rotatable bonds is 0. The number of benzene rings is 1. The van der Waals surface area contributed by atoms with Gasteiger partial charge in [-0.25, -0.2) is 0 Å². The van der Waals surface area contributed by atoms with Crippen molar-refractivity contribution in [1.82, 2.24) is 0 Å². The van der Waals surface area contributed by atoms with E-state index in [-0.39, 0.29) is 36.2 Å². The average molecular weight is 404 g/mol. The number of carbonyl (C=O) groups excluding carboxylic acids is 1. The van der Waals surface area contributed by atoms with E-state index in [9.17, 15) is 4.79 Å². The maximum absolute atomic E-state index is 12.1. The second kappa shape index (κ2) is 9.38. The SMILES string of the molecule is CC(=O)N1c2ccccc2[C@@H]2C=C3CCCCC3=CC21.[CH3-].[CH]1C=CC=C1.[Co]. The van der Waals surface area contributed by atoms with Gasteiger partial charge in [0.05, 0.1) is 6.04 Å². The maximum Gasteiger partial charge on any atom is 0.224 e. The Morgan fingerprint density at radius 1 is 0.963 bits per heavy atom. The molecule has 1 saturated carbocycles. The third-order valence-electron chi connectivity index (χ3n) is 5.42. The van der Waals surface area contributed by atoms with Gasteiger partial charge in [-0.3, -0.25) is 4.79 Å². The van der Waals surface area contributed by atoms with Crippen LogP contribution in [0.2, 0.25) is 0 Å². The number of fused-ring (bicyclic) bond motifs is 4. The largest absolute Gasteiger partial charge is 0.358 e. The monoisotopic (exact) mass is 404 g/mol. The number of hydrogen-bond donors (Lipinski definition) is 0. The number of para-hydroxylation sites is 1. The molecule has 4 aliphatic rings. The molecule has 5 rings (SSSR count). The quantitative estimate of drug-likeness (QED) is 0.507. The van der Waals surface area contributed by atoms with Gasteiger partial charge in [-0.15, -0.1) is 0 Å². The maximum atomic E-state index is 12.1. The van der Waals surface area contributed by atoms with Gasteiger partial charge in [-0.1, -0.05) is 54.7 Å². The van der Waals surface area contributed by atoms with Crippen molar-refractivity contribution in [3.05, 3.63) is 91.3 Å². The molecule has 1 aliphatic heterocycles. The van der Waals surface area contributed by atoms with Crippen molar-refractivity contribution in [2.75, 3.05) is 4.90 Å². The molecule has 1 aromatic carbocycles. The molecule has 1 heterocycles. The molecule has 0 saturated heterocycles. The van der Waals surface area contributed by atoms with Crippen molar-refractivity contribution in [3.63, 3.8) is 0 Å². The molecule has 1 aromatic rings. The first-order valence-corrected chi connectivity index (χ1v) is 9.23. The molecule has 2 nitrogen and oxygen atoms in total. The van der Waals surface area contributed by atoms with Crippen LogP contribution >= 0.6 is 0 Å². The van der Waals surface area contributed by atoms with E-state index in [1.165, 1.54) is 42.4 Å². The van der Waals surface area contributed by atoms with E-state index in [1.807, 2.05) is 41.7 Å². The first kappa shape index (κ1) is 21.5. The molecule has 2 atom stereocenters. The smallest absolute Gasteiger partial charge is 0.224 e. The van der Waals surface area contributed by atoms with E-state index in [0.29, 0.717) is 5.92 Å². The fourth-order valence-electron chi connectivity index (χ4n) is 4.32. The molecule has 3 heteroatoms. The Bertz CT molecular complexity index is 792. The molecule has 2 radical (unpaired) electrons. The molecule has 1 fully saturated rings. The van der Waals surface area contributed by atoms with Crippen LogP contribution in [0.4, 0.5) is 5.69 Å². The van der Waals surface area contributed by atoms with Crippen LogP contribution in [0.5, 0.6) is 0 Å². The van der Waals surface area contributed by atoms with Crippen molar-refractivity contribution < 1.29 is 21.6 Å². The zero-order chi connectivity index (χ0) is 17.2. The minimum atomic E-state index is 0. The van der Waals surface area contributed by atoms with Crippen molar-refractivity contribution >= 4 is 11.6 Å². The second-order valence-corrected chi connectivity index (χ2v) is 7.02. The van der Waals surface area contributed by atoms with Gasteiger partial charge in [0, 0.05) is 41.7 Å². The summed E-state index contributed by atoms with van der Waals surface area (Å²) in [5.74, 6) is 0.501. The van der Waals surface area contributed by atoms with Crippen LogP contribution in [-0.2, 0) is 21.6 Å². The Morgan fingerprint density at radius 3 is 2.19 bits per heavy atom. The van der Waals surface area contributed by atoms with E-state index < -0.39 is 0 Å². The van der Waals surface area contributed by atoms with E-state index >= 15 is 0 Å². The predicted molar refractivity (Wildman–Crippen MR) is 110 cm³/mol. The summed E-state index contributed by atoms with van der Waals surface area (Å²) < 4.78 is 0. The normalized spacial score (nSPS) is 23.4.